The van der Waals surface area contributed by atoms with Gasteiger partial charge >= 0.3 is 0 Å². The van der Waals surface area contributed by atoms with E-state index in [0.717, 1.165) is 26.7 Å². The van der Waals surface area contributed by atoms with Crippen molar-refractivity contribution in [1.29, 1.82) is 0 Å². The van der Waals surface area contributed by atoms with Gasteiger partial charge in [0.25, 0.3) is 5.91 Å². The normalized spacial score (nSPS) is 12.3. The first-order valence-electron chi connectivity index (χ1n) is 13.1. The molecular weight excluding hydrogens is 567 g/mol. The minimum absolute atomic E-state index is 0. The van der Waals surface area contributed by atoms with Crippen LogP contribution in [0, 0.1) is 13.8 Å². The van der Waals surface area contributed by atoms with Gasteiger partial charge in [0.05, 0.1) is 13.1 Å². The lowest BCUT2D eigenvalue weighted by Crippen LogP contribution is -2.48. The molecule has 1 aliphatic rings. The van der Waals surface area contributed by atoms with Crippen LogP contribution < -0.4 is 15.5 Å². The van der Waals surface area contributed by atoms with E-state index in [4.69, 9.17) is 0 Å². The van der Waals surface area contributed by atoms with Crippen molar-refractivity contribution in [3.63, 3.8) is 0 Å². The van der Waals surface area contributed by atoms with Crippen molar-refractivity contribution >= 4 is 53.7 Å². The lowest BCUT2D eigenvalue weighted by Gasteiger charge is -2.32. The van der Waals surface area contributed by atoms with Gasteiger partial charge in [-0.1, -0.05) is 50.2 Å². The van der Waals surface area contributed by atoms with Gasteiger partial charge in [0.1, 0.15) is 5.01 Å². The maximum absolute atomic E-state index is 13.5. The smallest absolute Gasteiger partial charge is 0.256 e. The fourth-order valence-corrected chi connectivity index (χ4v) is 5.30. The summed E-state index contributed by atoms with van der Waals surface area (Å²) >= 11 is 1.63. The molecule has 3 aromatic rings. The third kappa shape index (κ3) is 8.65. The van der Waals surface area contributed by atoms with Gasteiger partial charge in [-0.15, -0.1) is 36.2 Å². The summed E-state index contributed by atoms with van der Waals surface area (Å²) < 4.78 is 0. The van der Waals surface area contributed by atoms with Crippen LogP contribution in [-0.4, -0.2) is 66.1 Å². The number of nitrogens with zero attached hydrogens (tertiary/aromatic N) is 4. The summed E-state index contributed by atoms with van der Waals surface area (Å²) in [6, 6.07) is 14.7. The van der Waals surface area contributed by atoms with Crippen LogP contribution in [0.5, 0.6) is 0 Å². The number of rotatable bonds is 11. The third-order valence-electron chi connectivity index (χ3n) is 6.69. The van der Waals surface area contributed by atoms with Gasteiger partial charge in [0, 0.05) is 61.6 Å². The summed E-state index contributed by atoms with van der Waals surface area (Å²) in [6.07, 6.45) is 1.86. The SMILES string of the molecule is Cc1cnc(-c2ccc(C)c(N(CC(=O)NCCNC(C)C)CC(=O)N(C)N3Cc4ccccc4C3)c2)s1.Cl.Cl. The minimum Gasteiger partial charge on any atom is -0.353 e. The molecule has 11 heteroatoms. The van der Waals surface area contributed by atoms with Crippen molar-refractivity contribution in [2.45, 2.75) is 46.8 Å². The van der Waals surface area contributed by atoms with Gasteiger partial charge in [-0.2, -0.15) is 0 Å². The quantitative estimate of drug-likeness (QED) is 0.311. The van der Waals surface area contributed by atoms with E-state index in [1.54, 1.807) is 16.3 Å². The summed E-state index contributed by atoms with van der Waals surface area (Å²) in [6.45, 7) is 11.0. The first kappa shape index (κ1) is 33.5. The van der Waals surface area contributed by atoms with Crippen LogP contribution in [0.2, 0.25) is 0 Å². The molecule has 8 nitrogen and oxygen atoms in total. The Kier molecular flexibility index (Phi) is 12.9. The number of likely N-dealkylation sites (N-methyl/N-ethyl adjacent to an activating group) is 1. The van der Waals surface area contributed by atoms with Gasteiger partial charge < -0.3 is 15.5 Å². The molecule has 1 aromatic heterocycles. The number of benzene rings is 2. The highest BCUT2D eigenvalue weighted by atomic mass is 35.5. The Morgan fingerprint density at radius 2 is 1.70 bits per heavy atom. The fraction of sp³-hybridized carbons (Fsp3) is 0.414. The summed E-state index contributed by atoms with van der Waals surface area (Å²) in [7, 11) is 1.81. The summed E-state index contributed by atoms with van der Waals surface area (Å²) in [5.41, 5.74) is 5.31. The Morgan fingerprint density at radius 3 is 2.30 bits per heavy atom. The zero-order chi connectivity index (χ0) is 27.2. The molecule has 2 N–H and O–H groups in total. The molecule has 40 heavy (non-hydrogen) atoms. The number of carbonyl (C=O) groups excluding carboxylic acids is 2. The van der Waals surface area contributed by atoms with Crippen LogP contribution in [0.1, 0.15) is 35.4 Å². The number of halogens is 2. The average molecular weight is 608 g/mol. The van der Waals surface area contributed by atoms with Crippen LogP contribution in [0.15, 0.2) is 48.7 Å². The zero-order valence-corrected chi connectivity index (χ0v) is 26.2. The Balaban J connectivity index is 0.00000280. The van der Waals surface area contributed by atoms with Crippen LogP contribution in [0.4, 0.5) is 5.69 Å². The van der Waals surface area contributed by atoms with E-state index in [9.17, 15) is 9.59 Å². The number of aryl methyl sites for hydroxylation is 2. The largest absolute Gasteiger partial charge is 0.353 e. The third-order valence-corrected chi connectivity index (χ3v) is 7.65. The zero-order valence-electron chi connectivity index (χ0n) is 23.8. The molecule has 4 rings (SSSR count). The molecule has 2 heterocycles. The minimum atomic E-state index is -0.116. The molecule has 0 saturated heterocycles. The topological polar surface area (TPSA) is 80.8 Å². The van der Waals surface area contributed by atoms with E-state index in [0.29, 0.717) is 32.2 Å². The van der Waals surface area contributed by atoms with Crippen LogP contribution >= 0.6 is 36.2 Å². The molecule has 2 amide bonds. The molecular formula is C29H40Cl2N6O2S. The Hall–Kier alpha value is -2.69. The van der Waals surface area contributed by atoms with Crippen LogP contribution in [0.25, 0.3) is 10.6 Å². The van der Waals surface area contributed by atoms with Crippen molar-refractivity contribution in [2.75, 3.05) is 38.1 Å². The van der Waals surface area contributed by atoms with Crippen molar-refractivity contribution in [3.8, 4) is 10.6 Å². The number of fused-ring (bicyclic) bond motifs is 1. The highest BCUT2D eigenvalue weighted by Crippen LogP contribution is 2.31. The summed E-state index contributed by atoms with van der Waals surface area (Å²) in [4.78, 5) is 34.1. The second kappa shape index (κ2) is 15.3. The fourth-order valence-electron chi connectivity index (χ4n) is 4.54. The number of hydrazine groups is 1. The number of thiazole rings is 1. The Labute approximate surface area is 253 Å². The van der Waals surface area contributed by atoms with E-state index in [1.165, 1.54) is 11.1 Å². The molecule has 0 saturated carbocycles. The molecule has 218 valence electrons. The number of carbonyl (C=O) groups is 2. The van der Waals surface area contributed by atoms with E-state index in [1.807, 2.05) is 67.3 Å². The molecule has 0 atom stereocenters. The second-order valence-corrected chi connectivity index (χ2v) is 11.3. The van der Waals surface area contributed by atoms with Crippen LogP contribution in [-0.2, 0) is 22.7 Å². The number of nitrogens with one attached hydrogen (secondary N) is 2. The maximum Gasteiger partial charge on any atom is 0.256 e. The van der Waals surface area contributed by atoms with Gasteiger partial charge in [0.15, 0.2) is 0 Å². The number of aromatic nitrogens is 1. The van der Waals surface area contributed by atoms with Crippen molar-refractivity contribution in [1.82, 2.24) is 25.6 Å². The van der Waals surface area contributed by atoms with E-state index < -0.39 is 0 Å². The predicted octanol–water partition coefficient (Wildman–Crippen LogP) is 4.58. The van der Waals surface area contributed by atoms with E-state index in [-0.39, 0.29) is 49.7 Å². The van der Waals surface area contributed by atoms with Gasteiger partial charge in [-0.05, 0) is 36.6 Å². The highest BCUT2D eigenvalue weighted by molar-refractivity contribution is 7.14. The van der Waals surface area contributed by atoms with Gasteiger partial charge in [-0.3, -0.25) is 14.6 Å². The van der Waals surface area contributed by atoms with Crippen molar-refractivity contribution < 1.29 is 9.59 Å². The molecule has 1 aliphatic heterocycles. The molecule has 0 unspecified atom stereocenters. The number of amides is 2. The highest BCUT2D eigenvalue weighted by Gasteiger charge is 2.27. The average Bonchev–Trinajstić information content (AvgIpc) is 3.52. The standard InChI is InChI=1S/C29H38N6O2S.2ClH/c1-20(2)30-12-13-31-27(36)18-34(26-14-23(11-10-21(26)3)29-32-15-22(4)38-29)19-28(37)33(5)35-16-24-8-6-7-9-25(24)17-35;;/h6-11,14-15,20,30H,12-13,16-19H2,1-5H3,(H,31,36);2*1H. The predicted molar refractivity (Wildman–Crippen MR) is 168 cm³/mol. The summed E-state index contributed by atoms with van der Waals surface area (Å²) in [5.74, 6) is -0.184. The molecule has 0 bridgehead atoms. The van der Waals surface area contributed by atoms with Gasteiger partial charge in [-0.25, -0.2) is 9.99 Å². The molecule has 0 spiro atoms. The molecule has 0 aliphatic carbocycles. The lowest BCUT2D eigenvalue weighted by molar-refractivity contribution is -0.145. The van der Waals surface area contributed by atoms with Gasteiger partial charge in [0.2, 0.25) is 5.91 Å². The Bertz CT molecular complexity index is 1260. The summed E-state index contributed by atoms with van der Waals surface area (Å²) in [5, 5.41) is 11.0. The monoisotopic (exact) mass is 606 g/mol. The second-order valence-electron chi connectivity index (χ2n) is 10.1. The van der Waals surface area contributed by atoms with Crippen LogP contribution in [0.3, 0.4) is 0 Å². The van der Waals surface area contributed by atoms with E-state index >= 15 is 0 Å². The number of hydrogen-bond acceptors (Lipinski definition) is 7. The molecule has 0 radical (unpaired) electrons. The van der Waals surface area contributed by atoms with E-state index in [2.05, 4.69) is 41.6 Å². The molecule has 0 fully saturated rings. The van der Waals surface area contributed by atoms with Crippen molar-refractivity contribution in [3.05, 3.63) is 70.2 Å². The maximum atomic E-state index is 13.5. The molecule has 2 aromatic carbocycles. The number of hydrogen-bond donors (Lipinski definition) is 2. The Morgan fingerprint density at radius 1 is 1.02 bits per heavy atom. The van der Waals surface area contributed by atoms with Crippen molar-refractivity contribution in [2.24, 2.45) is 0 Å². The lowest BCUT2D eigenvalue weighted by atomic mass is 10.1. The first-order chi connectivity index (χ1) is 18.2. The first-order valence-corrected chi connectivity index (χ1v) is 13.9. The number of anilines is 1.